The monoisotopic (exact) mass is 464 g/mol. The van der Waals surface area contributed by atoms with E-state index in [2.05, 4.69) is 10.3 Å². The van der Waals surface area contributed by atoms with Gasteiger partial charge in [-0.25, -0.2) is 18.6 Å². The van der Waals surface area contributed by atoms with Crippen molar-refractivity contribution in [2.75, 3.05) is 5.32 Å². The van der Waals surface area contributed by atoms with Crippen molar-refractivity contribution in [3.8, 4) is 10.6 Å². The number of carboxylic acid groups (broad SMARTS) is 1. The highest BCUT2D eigenvalue weighted by Crippen LogP contribution is 2.49. The Kier molecular flexibility index (Phi) is 5.01. The van der Waals surface area contributed by atoms with Crippen molar-refractivity contribution in [3.05, 3.63) is 32.7 Å². The lowest BCUT2D eigenvalue weighted by molar-refractivity contribution is -0.134. The minimum absolute atomic E-state index is 0.0550. The number of hydrogen-bond donors (Lipinski definition) is 2. The maximum absolute atomic E-state index is 14.1. The number of anilines is 1. The third kappa shape index (κ3) is 3.61. The molecule has 2 bridgehead atoms. The minimum Gasteiger partial charge on any atom is -0.478 e. The van der Waals surface area contributed by atoms with E-state index in [0.717, 1.165) is 42.5 Å². The first-order valence-electron chi connectivity index (χ1n) is 10.5. The number of carbonyl (C=O) groups excluding carboxylic acids is 1. The Morgan fingerprint density at radius 2 is 1.87 bits per heavy atom. The predicted octanol–water partition coefficient (Wildman–Crippen LogP) is 5.44. The number of amides is 1. The number of thiophene rings is 1. The quantitative estimate of drug-likeness (QED) is 0.631. The summed E-state index contributed by atoms with van der Waals surface area (Å²) in [6.07, 6.45) is 2.90. The average Bonchev–Trinajstić information content (AvgIpc) is 3.29. The van der Waals surface area contributed by atoms with Gasteiger partial charge in [-0.2, -0.15) is 0 Å². The predicted molar refractivity (Wildman–Crippen MR) is 116 cm³/mol. The van der Waals surface area contributed by atoms with Crippen LogP contribution in [0, 0.1) is 18.8 Å². The van der Waals surface area contributed by atoms with E-state index in [1.165, 1.54) is 22.7 Å². The van der Waals surface area contributed by atoms with Crippen LogP contribution in [0.4, 0.5) is 13.8 Å². The fourth-order valence-electron chi connectivity index (χ4n) is 5.21. The molecule has 1 saturated carbocycles. The highest BCUT2D eigenvalue weighted by Gasteiger charge is 2.42. The van der Waals surface area contributed by atoms with Gasteiger partial charge in [0.25, 0.3) is 11.8 Å². The largest absolute Gasteiger partial charge is 0.478 e. The molecule has 0 unspecified atom stereocenters. The number of nitrogens with one attached hydrogen (secondary N) is 1. The Morgan fingerprint density at radius 1 is 1.19 bits per heavy atom. The van der Waals surface area contributed by atoms with E-state index in [1.54, 1.807) is 0 Å². The molecular formula is C22H22F2N2O3S2. The average molecular weight is 465 g/mol. The first kappa shape index (κ1) is 20.8. The third-order valence-corrected chi connectivity index (χ3v) is 8.74. The number of nitrogens with zero attached hydrogens (tertiary/aromatic N) is 1. The zero-order valence-corrected chi connectivity index (χ0v) is 18.6. The second-order valence-electron chi connectivity index (χ2n) is 8.67. The SMILES string of the molecule is Cc1csc(-c2c(NC(=O)C3=C(C(=O)O)C4CCC3CC4)sc3c2CCC(F)(F)C3)n1. The molecule has 0 atom stereocenters. The number of hydrogen-bond acceptors (Lipinski definition) is 5. The summed E-state index contributed by atoms with van der Waals surface area (Å²) in [5, 5.41) is 15.8. The molecule has 2 aromatic rings. The van der Waals surface area contributed by atoms with Crippen LogP contribution in [-0.2, 0) is 22.4 Å². The van der Waals surface area contributed by atoms with Gasteiger partial charge in [-0.3, -0.25) is 4.79 Å². The number of rotatable bonds is 4. The lowest BCUT2D eigenvalue weighted by Gasteiger charge is -2.37. The summed E-state index contributed by atoms with van der Waals surface area (Å²) in [4.78, 5) is 30.3. The number of aromatic nitrogens is 1. The summed E-state index contributed by atoms with van der Waals surface area (Å²) in [6, 6.07) is 0. The Balaban J connectivity index is 1.56. The van der Waals surface area contributed by atoms with Crippen LogP contribution in [0.3, 0.4) is 0 Å². The number of fused-ring (bicyclic) bond motifs is 3. The number of carbonyl (C=O) groups is 2. The maximum Gasteiger partial charge on any atom is 0.332 e. The van der Waals surface area contributed by atoms with E-state index in [0.29, 0.717) is 20.5 Å². The van der Waals surface area contributed by atoms with Crippen LogP contribution < -0.4 is 5.32 Å². The summed E-state index contributed by atoms with van der Waals surface area (Å²) in [5.74, 6) is -4.33. The topological polar surface area (TPSA) is 79.3 Å². The highest BCUT2D eigenvalue weighted by molar-refractivity contribution is 7.18. The van der Waals surface area contributed by atoms with Crippen LogP contribution >= 0.6 is 22.7 Å². The van der Waals surface area contributed by atoms with Gasteiger partial charge >= 0.3 is 5.97 Å². The molecule has 0 spiro atoms. The molecule has 0 saturated heterocycles. The van der Waals surface area contributed by atoms with E-state index in [1.807, 2.05) is 12.3 Å². The number of aryl methyl sites for hydroxylation is 1. The number of alkyl halides is 2. The molecule has 4 aliphatic rings. The van der Waals surface area contributed by atoms with Gasteiger partial charge < -0.3 is 10.4 Å². The van der Waals surface area contributed by atoms with Gasteiger partial charge in [0.15, 0.2) is 0 Å². The van der Waals surface area contributed by atoms with Crippen molar-refractivity contribution in [1.82, 2.24) is 4.98 Å². The molecule has 164 valence electrons. The smallest absolute Gasteiger partial charge is 0.332 e. The zero-order chi connectivity index (χ0) is 21.9. The van der Waals surface area contributed by atoms with Crippen molar-refractivity contribution < 1.29 is 23.5 Å². The Morgan fingerprint density at radius 3 is 2.48 bits per heavy atom. The molecule has 1 amide bonds. The van der Waals surface area contributed by atoms with Gasteiger partial charge in [-0.1, -0.05) is 0 Å². The molecule has 2 N–H and O–H groups in total. The molecule has 2 aromatic heterocycles. The van der Waals surface area contributed by atoms with E-state index in [9.17, 15) is 23.5 Å². The lowest BCUT2D eigenvalue weighted by atomic mass is 9.66. The van der Waals surface area contributed by atoms with E-state index in [4.69, 9.17) is 0 Å². The van der Waals surface area contributed by atoms with Gasteiger partial charge in [0.1, 0.15) is 10.0 Å². The van der Waals surface area contributed by atoms with Crippen LogP contribution in [0.5, 0.6) is 0 Å². The molecule has 31 heavy (non-hydrogen) atoms. The second kappa shape index (κ2) is 7.48. The summed E-state index contributed by atoms with van der Waals surface area (Å²) in [5.41, 5.74) is 2.99. The molecule has 1 fully saturated rings. The van der Waals surface area contributed by atoms with Crippen molar-refractivity contribution in [3.63, 3.8) is 0 Å². The fraction of sp³-hybridized carbons (Fsp3) is 0.500. The summed E-state index contributed by atoms with van der Waals surface area (Å²) >= 11 is 2.60. The standard InChI is InChI=1S/C22H22F2N2O3S2/c1-10-9-30-19(25-10)17-13-6-7-22(23,24)8-14(13)31-20(17)26-18(27)15-11-2-4-12(5-3-11)16(15)21(28)29/h9,11-12H,2-8H2,1H3,(H,26,27)(H,28,29). The molecule has 0 radical (unpaired) electrons. The molecule has 0 aromatic carbocycles. The molecule has 4 aliphatic carbocycles. The number of carboxylic acids is 1. The van der Waals surface area contributed by atoms with Crippen LogP contribution in [0.25, 0.3) is 10.6 Å². The van der Waals surface area contributed by atoms with Gasteiger partial charge in [0.2, 0.25) is 0 Å². The highest BCUT2D eigenvalue weighted by atomic mass is 32.1. The number of thiazole rings is 1. The van der Waals surface area contributed by atoms with Crippen molar-refractivity contribution in [1.29, 1.82) is 0 Å². The molecule has 5 nitrogen and oxygen atoms in total. The first-order chi connectivity index (χ1) is 14.7. The number of aliphatic carboxylic acids is 1. The van der Waals surface area contributed by atoms with Crippen LogP contribution in [-0.4, -0.2) is 27.9 Å². The Bertz CT molecular complexity index is 1110. The molecule has 6 rings (SSSR count). The molecule has 0 aliphatic heterocycles. The first-order valence-corrected chi connectivity index (χ1v) is 12.2. The van der Waals surface area contributed by atoms with E-state index < -0.39 is 17.8 Å². The van der Waals surface area contributed by atoms with Gasteiger partial charge in [0.05, 0.1) is 0 Å². The minimum atomic E-state index is -2.75. The summed E-state index contributed by atoms with van der Waals surface area (Å²) in [6.45, 7) is 1.87. The molecule has 2 heterocycles. The summed E-state index contributed by atoms with van der Waals surface area (Å²) < 4.78 is 28.1. The molecular weight excluding hydrogens is 442 g/mol. The zero-order valence-electron chi connectivity index (χ0n) is 17.0. The van der Waals surface area contributed by atoms with Crippen LogP contribution in [0.15, 0.2) is 16.5 Å². The Labute approximate surface area is 186 Å². The van der Waals surface area contributed by atoms with E-state index >= 15 is 0 Å². The molecule has 9 heteroatoms. The lowest BCUT2D eigenvalue weighted by Crippen LogP contribution is -2.35. The Hall–Kier alpha value is -2.13. The van der Waals surface area contributed by atoms with Crippen LogP contribution in [0.1, 0.15) is 48.2 Å². The second-order valence-corrected chi connectivity index (χ2v) is 10.6. The van der Waals surface area contributed by atoms with E-state index in [-0.39, 0.29) is 36.7 Å². The fourth-order valence-corrected chi connectivity index (χ4v) is 7.47. The van der Waals surface area contributed by atoms with Crippen molar-refractivity contribution in [2.24, 2.45) is 11.8 Å². The van der Waals surface area contributed by atoms with Crippen LogP contribution in [0.2, 0.25) is 0 Å². The maximum atomic E-state index is 14.1. The number of halogens is 2. The normalized spacial score (nSPS) is 24.2. The third-order valence-electron chi connectivity index (χ3n) is 6.62. The summed E-state index contributed by atoms with van der Waals surface area (Å²) in [7, 11) is 0. The van der Waals surface area contributed by atoms with Gasteiger partial charge in [0, 0.05) is 45.5 Å². The van der Waals surface area contributed by atoms with Crippen molar-refractivity contribution in [2.45, 2.75) is 57.8 Å². The van der Waals surface area contributed by atoms with Crippen molar-refractivity contribution >= 4 is 39.6 Å². The van der Waals surface area contributed by atoms with Gasteiger partial charge in [-0.05, 0) is 56.4 Å². The van der Waals surface area contributed by atoms with Gasteiger partial charge in [-0.15, -0.1) is 22.7 Å².